The first-order valence-electron chi connectivity index (χ1n) is 7.94. The molecule has 0 aliphatic carbocycles. The van der Waals surface area contributed by atoms with Crippen LogP contribution >= 0.6 is 11.8 Å². The Labute approximate surface area is 131 Å². The van der Waals surface area contributed by atoms with Crippen molar-refractivity contribution < 1.29 is 13.6 Å². The maximum atomic E-state index is 12.9. The molecule has 0 aromatic heterocycles. The van der Waals surface area contributed by atoms with Gasteiger partial charge in [0.05, 0.1) is 25.4 Å². The number of ether oxygens (including phenoxy) is 1. The van der Waals surface area contributed by atoms with Crippen LogP contribution in [0.4, 0.5) is 4.39 Å². The smallest absolute Gasteiger partial charge is 0.138 e. The third-order valence-electron chi connectivity index (χ3n) is 5.25. The Bertz CT molecular complexity index is 466. The zero-order valence-electron chi connectivity index (χ0n) is 12.8. The zero-order valence-corrected chi connectivity index (χ0v) is 13.6. The number of alkyl halides is 1. The van der Waals surface area contributed by atoms with E-state index in [1.807, 2.05) is 12.1 Å². The van der Waals surface area contributed by atoms with Crippen LogP contribution in [0, 0.1) is 0 Å². The molecule has 21 heavy (non-hydrogen) atoms. The van der Waals surface area contributed by atoms with Crippen LogP contribution in [-0.2, 0) is 5.75 Å². The second-order valence-corrected chi connectivity index (χ2v) is 7.50. The van der Waals surface area contributed by atoms with Gasteiger partial charge < -0.3 is 9.22 Å². The van der Waals surface area contributed by atoms with Crippen molar-refractivity contribution >= 4 is 11.8 Å². The molecule has 2 aliphatic heterocycles. The van der Waals surface area contributed by atoms with Crippen molar-refractivity contribution in [2.24, 2.45) is 0 Å². The number of thioether (sulfide) groups is 1. The lowest BCUT2D eigenvalue weighted by Gasteiger charge is -2.35. The summed E-state index contributed by atoms with van der Waals surface area (Å²) in [6.07, 6.45) is 3.83. The Hall–Kier alpha value is -0.740. The van der Waals surface area contributed by atoms with Gasteiger partial charge in [0.15, 0.2) is 0 Å². The summed E-state index contributed by atoms with van der Waals surface area (Å²) in [5.74, 6) is 1.97. The van der Waals surface area contributed by atoms with Crippen molar-refractivity contribution in [2.75, 3.05) is 33.4 Å². The fourth-order valence-electron chi connectivity index (χ4n) is 4.13. The maximum Gasteiger partial charge on any atom is 0.138 e. The van der Waals surface area contributed by atoms with Gasteiger partial charge in [0.1, 0.15) is 25.0 Å². The van der Waals surface area contributed by atoms with Crippen LogP contribution in [0.5, 0.6) is 5.75 Å². The summed E-state index contributed by atoms with van der Waals surface area (Å²) >= 11 is 2.07. The van der Waals surface area contributed by atoms with Gasteiger partial charge in [0, 0.05) is 25.0 Å². The molecule has 0 radical (unpaired) electrons. The molecule has 2 saturated heterocycles. The highest BCUT2D eigenvalue weighted by Crippen LogP contribution is 2.42. The van der Waals surface area contributed by atoms with Crippen LogP contribution in [-0.4, -0.2) is 49.2 Å². The molecule has 116 valence electrons. The van der Waals surface area contributed by atoms with Crippen LogP contribution in [0.3, 0.4) is 0 Å². The second kappa shape index (κ2) is 6.57. The fourth-order valence-corrected chi connectivity index (χ4v) is 5.61. The minimum absolute atomic E-state index is 0.160. The van der Waals surface area contributed by atoms with E-state index in [9.17, 15) is 4.39 Å². The van der Waals surface area contributed by atoms with Gasteiger partial charge in [-0.25, -0.2) is 4.39 Å². The van der Waals surface area contributed by atoms with Gasteiger partial charge in [-0.15, -0.1) is 11.8 Å². The first-order chi connectivity index (χ1) is 10.3. The Morgan fingerprint density at radius 1 is 1.24 bits per heavy atom. The highest BCUT2D eigenvalue weighted by Gasteiger charge is 2.50. The monoisotopic (exact) mass is 310 g/mol. The summed E-state index contributed by atoms with van der Waals surface area (Å²) < 4.78 is 19.2. The van der Waals surface area contributed by atoms with Gasteiger partial charge >= 0.3 is 0 Å². The average molecular weight is 310 g/mol. The predicted molar refractivity (Wildman–Crippen MR) is 86.6 cm³/mol. The van der Waals surface area contributed by atoms with E-state index in [0.29, 0.717) is 11.3 Å². The Morgan fingerprint density at radius 2 is 2.05 bits per heavy atom. The molecule has 2 fully saturated rings. The molecule has 2 aliphatic rings. The third-order valence-corrected chi connectivity index (χ3v) is 6.73. The van der Waals surface area contributed by atoms with Crippen molar-refractivity contribution in [2.45, 2.75) is 36.3 Å². The van der Waals surface area contributed by atoms with E-state index in [1.54, 1.807) is 7.11 Å². The van der Waals surface area contributed by atoms with Crippen molar-refractivity contribution in [1.29, 1.82) is 0 Å². The van der Waals surface area contributed by atoms with Gasteiger partial charge in [0.2, 0.25) is 0 Å². The molecule has 3 unspecified atom stereocenters. The summed E-state index contributed by atoms with van der Waals surface area (Å²) in [5.41, 5.74) is 1.36. The number of hydrogen-bond acceptors (Lipinski definition) is 2. The lowest BCUT2D eigenvalue weighted by Crippen LogP contribution is -2.50. The van der Waals surface area contributed by atoms with E-state index in [-0.39, 0.29) is 6.67 Å². The Kier molecular flexibility index (Phi) is 4.75. The van der Waals surface area contributed by atoms with Crippen molar-refractivity contribution in [1.82, 2.24) is 0 Å². The topological polar surface area (TPSA) is 9.23 Å². The van der Waals surface area contributed by atoms with E-state index in [2.05, 4.69) is 23.9 Å². The second-order valence-electron chi connectivity index (χ2n) is 6.27. The van der Waals surface area contributed by atoms with E-state index in [4.69, 9.17) is 4.74 Å². The number of benzene rings is 1. The summed E-state index contributed by atoms with van der Waals surface area (Å²) in [7, 11) is 1.70. The van der Waals surface area contributed by atoms with E-state index in [0.717, 1.165) is 22.5 Å². The number of fused-ring (bicyclic) bond motifs is 1. The molecule has 2 heterocycles. The van der Waals surface area contributed by atoms with Gasteiger partial charge in [-0.05, 0) is 17.7 Å². The van der Waals surface area contributed by atoms with E-state index >= 15 is 0 Å². The zero-order chi connectivity index (χ0) is 14.7. The third kappa shape index (κ3) is 3.07. The molecule has 1 aromatic carbocycles. The molecule has 0 N–H and O–H groups in total. The molecule has 3 atom stereocenters. The molecule has 3 rings (SSSR count). The normalized spacial score (nSPS) is 31.3. The highest BCUT2D eigenvalue weighted by atomic mass is 32.2. The number of nitrogens with zero attached hydrogens (tertiary/aromatic N) is 1. The minimum atomic E-state index is -0.160. The Morgan fingerprint density at radius 3 is 2.76 bits per heavy atom. The average Bonchev–Trinajstić information content (AvgIpc) is 3.05. The standard InChI is InChI=1S/C17H25FNOS/c1-20-15-6-4-14(5-7-15)13-21-17-8-11-19(12-9-18)10-2-3-16(17)19/h4-7,16-17H,2-3,8-13H2,1H3/q+1. The summed E-state index contributed by atoms with van der Waals surface area (Å²) in [4.78, 5) is 0. The molecule has 2 nitrogen and oxygen atoms in total. The molecule has 0 bridgehead atoms. The molecule has 0 amide bonds. The largest absolute Gasteiger partial charge is 0.497 e. The maximum absolute atomic E-state index is 12.9. The van der Waals surface area contributed by atoms with Crippen LogP contribution in [0.1, 0.15) is 24.8 Å². The van der Waals surface area contributed by atoms with Gasteiger partial charge in [-0.2, -0.15) is 0 Å². The van der Waals surface area contributed by atoms with Crippen molar-refractivity contribution in [3.63, 3.8) is 0 Å². The van der Waals surface area contributed by atoms with Crippen LogP contribution in [0.2, 0.25) is 0 Å². The lowest BCUT2D eigenvalue weighted by molar-refractivity contribution is -0.926. The first kappa shape index (κ1) is 15.2. The minimum Gasteiger partial charge on any atom is -0.497 e. The van der Waals surface area contributed by atoms with Gasteiger partial charge in [0.25, 0.3) is 0 Å². The predicted octanol–water partition coefficient (Wildman–Crippen LogP) is 3.65. The number of rotatable bonds is 6. The SMILES string of the molecule is COc1ccc(CSC2CC[N+]3(CCF)CCCC23)cc1. The number of hydrogen-bond donors (Lipinski definition) is 0. The fraction of sp³-hybridized carbons (Fsp3) is 0.647. The van der Waals surface area contributed by atoms with Crippen LogP contribution in [0.25, 0.3) is 0 Å². The quantitative estimate of drug-likeness (QED) is 0.742. The van der Waals surface area contributed by atoms with E-state index < -0.39 is 0 Å². The molecule has 0 saturated carbocycles. The van der Waals surface area contributed by atoms with Gasteiger partial charge in [-0.1, -0.05) is 12.1 Å². The van der Waals surface area contributed by atoms with Crippen LogP contribution < -0.4 is 4.74 Å². The highest BCUT2D eigenvalue weighted by molar-refractivity contribution is 7.99. The lowest BCUT2D eigenvalue weighted by atomic mass is 10.1. The first-order valence-corrected chi connectivity index (χ1v) is 8.98. The molecule has 4 heteroatoms. The summed E-state index contributed by atoms with van der Waals surface area (Å²) in [5, 5.41) is 0.709. The molecule has 0 spiro atoms. The van der Waals surface area contributed by atoms with Crippen molar-refractivity contribution in [3.8, 4) is 5.75 Å². The number of halogens is 1. The molecular weight excluding hydrogens is 285 g/mol. The number of methoxy groups -OCH3 is 1. The van der Waals surface area contributed by atoms with E-state index in [1.165, 1.54) is 37.9 Å². The number of quaternary nitrogens is 1. The summed E-state index contributed by atoms with van der Waals surface area (Å²) in [6, 6.07) is 9.06. The molecular formula is C17H25FNOS+. The molecule has 1 aromatic rings. The Balaban J connectivity index is 1.58. The summed E-state index contributed by atoms with van der Waals surface area (Å²) in [6.45, 7) is 2.97. The van der Waals surface area contributed by atoms with Crippen LogP contribution in [0.15, 0.2) is 24.3 Å². The van der Waals surface area contributed by atoms with Crippen molar-refractivity contribution in [3.05, 3.63) is 29.8 Å². The van der Waals surface area contributed by atoms with Gasteiger partial charge in [-0.3, -0.25) is 0 Å².